The van der Waals surface area contributed by atoms with Gasteiger partial charge in [0.05, 0.1) is 13.2 Å². The summed E-state index contributed by atoms with van der Waals surface area (Å²) in [6, 6.07) is 18.0. The Morgan fingerprint density at radius 1 is 0.852 bits per heavy atom. The fraction of sp³-hybridized carbons (Fsp3) is 0.385. The van der Waals surface area contributed by atoms with Gasteiger partial charge in [-0.25, -0.2) is 0 Å². The Hall–Kier alpha value is -2.12. The van der Waals surface area contributed by atoms with E-state index in [9.17, 15) is 0 Å². The molecule has 0 atom stereocenters. The Balaban J connectivity index is 1.48. The summed E-state index contributed by atoms with van der Waals surface area (Å²) in [5.41, 5.74) is 5.45. The summed E-state index contributed by atoms with van der Waals surface area (Å²) in [7, 11) is 0. The minimum atomic E-state index is 0.696. The van der Waals surface area contributed by atoms with Gasteiger partial charge in [0.15, 0.2) is 0 Å². The zero-order valence-electron chi connectivity index (χ0n) is 16.6. The highest BCUT2D eigenvalue weighted by Gasteiger charge is 2.23. The van der Waals surface area contributed by atoms with Gasteiger partial charge in [0.1, 0.15) is 0 Å². The zero-order chi connectivity index (χ0) is 18.9. The maximum Gasteiger partial charge on any atom is 0.0721 e. The monoisotopic (exact) mass is 360 g/mol. The molecule has 1 heteroatoms. The van der Waals surface area contributed by atoms with Gasteiger partial charge in [-0.2, -0.15) is 0 Å². The van der Waals surface area contributed by atoms with Crippen molar-refractivity contribution >= 4 is 6.08 Å². The van der Waals surface area contributed by atoms with Crippen molar-refractivity contribution in [2.24, 2.45) is 0 Å². The molecule has 0 heterocycles. The molecule has 27 heavy (non-hydrogen) atoms. The van der Waals surface area contributed by atoms with Gasteiger partial charge in [-0.3, -0.25) is 0 Å². The van der Waals surface area contributed by atoms with Crippen LogP contribution >= 0.6 is 0 Å². The molecule has 1 saturated carbocycles. The third-order valence-corrected chi connectivity index (χ3v) is 5.71. The van der Waals surface area contributed by atoms with Gasteiger partial charge in [-0.15, -0.1) is 0 Å². The van der Waals surface area contributed by atoms with Crippen LogP contribution in [-0.2, 0) is 11.3 Å². The number of hydrogen-bond donors (Lipinski definition) is 0. The normalized spacial score (nSPS) is 20.0. The topological polar surface area (TPSA) is 9.23 Å². The molecule has 0 unspecified atom stereocenters. The molecule has 1 aliphatic rings. The van der Waals surface area contributed by atoms with Gasteiger partial charge in [0, 0.05) is 0 Å². The first kappa shape index (κ1) is 19.6. The van der Waals surface area contributed by atoms with E-state index in [0.717, 1.165) is 6.42 Å². The number of rotatable bonds is 8. The Kier molecular flexibility index (Phi) is 7.47. The number of allylic oxidation sites excluding steroid dienone is 1. The van der Waals surface area contributed by atoms with Gasteiger partial charge in [0.25, 0.3) is 0 Å². The maximum absolute atomic E-state index is 5.69. The predicted octanol–water partition coefficient (Wildman–Crippen LogP) is 7.25. The van der Waals surface area contributed by atoms with Crippen LogP contribution in [0.1, 0.15) is 73.1 Å². The molecule has 142 valence electrons. The lowest BCUT2D eigenvalue weighted by Crippen LogP contribution is -2.12. The summed E-state index contributed by atoms with van der Waals surface area (Å²) < 4.78 is 5.69. The molecule has 2 aromatic carbocycles. The van der Waals surface area contributed by atoms with Crippen molar-refractivity contribution in [1.82, 2.24) is 0 Å². The second kappa shape index (κ2) is 10.3. The molecular weight excluding hydrogens is 328 g/mol. The first-order valence-corrected chi connectivity index (χ1v) is 10.3. The average molecular weight is 361 g/mol. The van der Waals surface area contributed by atoms with E-state index >= 15 is 0 Å². The Labute approximate surface area is 164 Å². The SMILES string of the molecule is C=Cc1ccc([C@H]2CC[C@H](c3ccc(COCC=CCC)cc3)CC2)cc1. The lowest BCUT2D eigenvalue weighted by Gasteiger charge is -2.29. The molecule has 3 rings (SSSR count). The van der Waals surface area contributed by atoms with E-state index in [0.29, 0.717) is 25.0 Å². The van der Waals surface area contributed by atoms with Crippen molar-refractivity contribution in [3.63, 3.8) is 0 Å². The molecule has 0 saturated heterocycles. The molecule has 1 fully saturated rings. The lowest BCUT2D eigenvalue weighted by molar-refractivity contribution is 0.148. The summed E-state index contributed by atoms with van der Waals surface area (Å²) >= 11 is 0. The van der Waals surface area contributed by atoms with Crippen molar-refractivity contribution in [2.75, 3.05) is 6.61 Å². The van der Waals surface area contributed by atoms with Crippen molar-refractivity contribution in [2.45, 2.75) is 57.5 Å². The average Bonchev–Trinajstić information content (AvgIpc) is 2.74. The summed E-state index contributed by atoms with van der Waals surface area (Å²) in [6.45, 7) is 7.38. The van der Waals surface area contributed by atoms with Crippen LogP contribution in [0.4, 0.5) is 0 Å². The minimum Gasteiger partial charge on any atom is -0.373 e. The van der Waals surface area contributed by atoms with E-state index < -0.39 is 0 Å². The molecule has 0 amide bonds. The highest BCUT2D eigenvalue weighted by atomic mass is 16.5. The van der Waals surface area contributed by atoms with Crippen molar-refractivity contribution in [3.8, 4) is 0 Å². The number of ether oxygens (including phenoxy) is 1. The Morgan fingerprint density at radius 3 is 1.93 bits per heavy atom. The summed E-state index contributed by atoms with van der Waals surface area (Å²) in [6.07, 6.45) is 12.4. The first-order valence-electron chi connectivity index (χ1n) is 10.3. The van der Waals surface area contributed by atoms with Crippen molar-refractivity contribution < 1.29 is 4.74 Å². The van der Waals surface area contributed by atoms with E-state index in [1.54, 1.807) is 0 Å². The Morgan fingerprint density at radius 2 is 1.41 bits per heavy atom. The van der Waals surface area contributed by atoms with Gasteiger partial charge in [-0.05, 0) is 66.2 Å². The third kappa shape index (κ3) is 5.68. The van der Waals surface area contributed by atoms with E-state index in [1.807, 2.05) is 6.08 Å². The van der Waals surface area contributed by atoms with Gasteiger partial charge < -0.3 is 4.74 Å². The molecule has 0 radical (unpaired) electrons. The van der Waals surface area contributed by atoms with Crippen LogP contribution in [0.3, 0.4) is 0 Å². The van der Waals surface area contributed by atoms with Gasteiger partial charge in [-0.1, -0.05) is 80.3 Å². The largest absolute Gasteiger partial charge is 0.373 e. The van der Waals surface area contributed by atoms with E-state index in [-0.39, 0.29) is 0 Å². The number of benzene rings is 2. The standard InChI is InChI=1S/C26H32O/c1-3-5-6-19-27-20-22-9-13-24(14-10-22)26-17-15-25(16-18-26)23-11-7-21(4-2)8-12-23/h4-14,25-26H,2-3,15-20H2,1H3/t25-,26-. The van der Waals surface area contributed by atoms with Crippen molar-refractivity contribution in [1.29, 1.82) is 0 Å². The third-order valence-electron chi connectivity index (χ3n) is 5.71. The molecule has 0 aromatic heterocycles. The minimum absolute atomic E-state index is 0.696. The van der Waals surface area contributed by atoms with Crippen LogP contribution in [0.2, 0.25) is 0 Å². The number of hydrogen-bond acceptors (Lipinski definition) is 1. The van der Waals surface area contributed by atoms with Gasteiger partial charge >= 0.3 is 0 Å². The quantitative estimate of drug-likeness (QED) is 0.356. The van der Waals surface area contributed by atoms with Crippen LogP contribution in [0, 0.1) is 0 Å². The molecular formula is C26H32O. The fourth-order valence-corrected chi connectivity index (χ4v) is 4.03. The first-order chi connectivity index (χ1) is 13.3. The molecule has 2 aromatic rings. The molecule has 0 aliphatic heterocycles. The summed E-state index contributed by atoms with van der Waals surface area (Å²) in [4.78, 5) is 0. The second-order valence-electron chi connectivity index (χ2n) is 7.56. The van der Waals surface area contributed by atoms with Crippen LogP contribution < -0.4 is 0 Å². The van der Waals surface area contributed by atoms with Crippen LogP contribution in [0.5, 0.6) is 0 Å². The molecule has 0 N–H and O–H groups in total. The van der Waals surface area contributed by atoms with Crippen molar-refractivity contribution in [3.05, 3.63) is 89.5 Å². The van der Waals surface area contributed by atoms with E-state index in [4.69, 9.17) is 4.74 Å². The Bertz CT molecular complexity index is 716. The smallest absolute Gasteiger partial charge is 0.0721 e. The van der Waals surface area contributed by atoms with Crippen LogP contribution in [-0.4, -0.2) is 6.61 Å². The maximum atomic E-state index is 5.69. The van der Waals surface area contributed by atoms with E-state index in [1.165, 1.54) is 47.9 Å². The second-order valence-corrected chi connectivity index (χ2v) is 7.56. The highest BCUT2D eigenvalue weighted by Crippen LogP contribution is 2.40. The molecule has 0 spiro atoms. The lowest BCUT2D eigenvalue weighted by atomic mass is 9.76. The highest BCUT2D eigenvalue weighted by molar-refractivity contribution is 5.47. The predicted molar refractivity (Wildman–Crippen MR) is 116 cm³/mol. The van der Waals surface area contributed by atoms with Crippen LogP contribution in [0.15, 0.2) is 67.3 Å². The summed E-state index contributed by atoms with van der Waals surface area (Å²) in [5, 5.41) is 0. The summed E-state index contributed by atoms with van der Waals surface area (Å²) in [5.74, 6) is 1.42. The fourth-order valence-electron chi connectivity index (χ4n) is 4.03. The zero-order valence-corrected chi connectivity index (χ0v) is 16.6. The molecule has 1 nitrogen and oxygen atoms in total. The van der Waals surface area contributed by atoms with E-state index in [2.05, 4.69) is 74.2 Å². The molecule has 1 aliphatic carbocycles. The molecule has 0 bridgehead atoms. The van der Waals surface area contributed by atoms with Crippen LogP contribution in [0.25, 0.3) is 6.08 Å². The van der Waals surface area contributed by atoms with Gasteiger partial charge in [0.2, 0.25) is 0 Å².